The smallest absolute Gasteiger partial charge is 0.162 e. The van der Waals surface area contributed by atoms with E-state index in [-0.39, 0.29) is 6.10 Å². The van der Waals surface area contributed by atoms with Gasteiger partial charge in [-0.3, -0.25) is 0 Å². The zero-order chi connectivity index (χ0) is 13.8. The van der Waals surface area contributed by atoms with Gasteiger partial charge >= 0.3 is 0 Å². The summed E-state index contributed by atoms with van der Waals surface area (Å²) in [4.78, 5) is 9.25. The van der Waals surface area contributed by atoms with Crippen molar-refractivity contribution in [2.75, 3.05) is 31.7 Å². The number of hydrogen-bond acceptors (Lipinski definition) is 5. The first-order chi connectivity index (χ1) is 9.13. The second-order valence-corrected chi connectivity index (χ2v) is 5.05. The van der Waals surface area contributed by atoms with Gasteiger partial charge < -0.3 is 14.8 Å². The summed E-state index contributed by atoms with van der Waals surface area (Å²) in [6.07, 6.45) is -0.147. The molecule has 1 unspecified atom stereocenters. The van der Waals surface area contributed by atoms with E-state index in [1.807, 2.05) is 6.92 Å². The van der Waals surface area contributed by atoms with Gasteiger partial charge in [-0.05, 0) is 19.8 Å². The summed E-state index contributed by atoms with van der Waals surface area (Å²) in [6.45, 7) is 11.1. The average Bonchev–Trinajstić information content (AvgIpc) is 2.39. The van der Waals surface area contributed by atoms with Crippen molar-refractivity contribution in [1.82, 2.24) is 9.97 Å². The van der Waals surface area contributed by atoms with Crippen LogP contribution in [0.25, 0.3) is 0 Å². The third kappa shape index (κ3) is 3.22. The van der Waals surface area contributed by atoms with Gasteiger partial charge in [0.05, 0.1) is 19.8 Å². The van der Waals surface area contributed by atoms with Crippen molar-refractivity contribution < 1.29 is 9.47 Å². The SMILES string of the molecule is CCNc1nc(C2COCCO2)nc(C)c1C(C)C. The number of ether oxygens (including phenoxy) is 2. The van der Waals surface area contributed by atoms with Gasteiger partial charge in [-0.25, -0.2) is 9.97 Å². The third-order valence-corrected chi connectivity index (χ3v) is 3.18. The number of nitrogens with one attached hydrogen (secondary N) is 1. The van der Waals surface area contributed by atoms with Crippen LogP contribution in [0.15, 0.2) is 0 Å². The molecule has 0 aliphatic carbocycles. The molecule has 19 heavy (non-hydrogen) atoms. The lowest BCUT2D eigenvalue weighted by Gasteiger charge is -2.24. The van der Waals surface area contributed by atoms with E-state index >= 15 is 0 Å². The van der Waals surface area contributed by atoms with E-state index in [1.165, 1.54) is 5.56 Å². The van der Waals surface area contributed by atoms with Gasteiger partial charge in [-0.2, -0.15) is 0 Å². The van der Waals surface area contributed by atoms with Crippen LogP contribution in [0.3, 0.4) is 0 Å². The lowest BCUT2D eigenvalue weighted by molar-refractivity contribution is -0.0935. The lowest BCUT2D eigenvalue weighted by Crippen LogP contribution is -2.24. The van der Waals surface area contributed by atoms with E-state index in [0.29, 0.717) is 25.7 Å². The predicted molar refractivity (Wildman–Crippen MR) is 74.5 cm³/mol. The first-order valence-electron chi connectivity index (χ1n) is 6.95. The molecule has 1 N–H and O–H groups in total. The second kappa shape index (κ2) is 6.30. The topological polar surface area (TPSA) is 56.3 Å². The van der Waals surface area contributed by atoms with Gasteiger partial charge in [0.1, 0.15) is 11.9 Å². The van der Waals surface area contributed by atoms with Crippen LogP contribution >= 0.6 is 0 Å². The van der Waals surface area contributed by atoms with Crippen molar-refractivity contribution >= 4 is 5.82 Å². The molecule has 1 atom stereocenters. The van der Waals surface area contributed by atoms with Crippen molar-refractivity contribution in [2.24, 2.45) is 0 Å². The van der Waals surface area contributed by atoms with Crippen molar-refractivity contribution in [3.05, 3.63) is 17.1 Å². The Morgan fingerprint density at radius 1 is 1.32 bits per heavy atom. The monoisotopic (exact) mass is 265 g/mol. The molecule has 1 fully saturated rings. The van der Waals surface area contributed by atoms with Gasteiger partial charge in [0.15, 0.2) is 5.82 Å². The van der Waals surface area contributed by atoms with E-state index in [9.17, 15) is 0 Å². The summed E-state index contributed by atoms with van der Waals surface area (Å²) in [7, 11) is 0. The van der Waals surface area contributed by atoms with Crippen molar-refractivity contribution in [2.45, 2.75) is 39.7 Å². The highest BCUT2D eigenvalue weighted by Crippen LogP contribution is 2.28. The van der Waals surface area contributed by atoms with Gasteiger partial charge in [-0.1, -0.05) is 13.8 Å². The van der Waals surface area contributed by atoms with Crippen LogP contribution in [0.5, 0.6) is 0 Å². The summed E-state index contributed by atoms with van der Waals surface area (Å²) in [6, 6.07) is 0. The Balaban J connectivity index is 2.35. The number of rotatable bonds is 4. The molecule has 0 bridgehead atoms. The van der Waals surface area contributed by atoms with Crippen LogP contribution < -0.4 is 5.32 Å². The Morgan fingerprint density at radius 3 is 2.68 bits per heavy atom. The van der Waals surface area contributed by atoms with Crippen LogP contribution in [0.2, 0.25) is 0 Å². The maximum Gasteiger partial charge on any atom is 0.162 e. The molecule has 1 aromatic rings. The first-order valence-corrected chi connectivity index (χ1v) is 6.95. The van der Waals surface area contributed by atoms with Crippen LogP contribution in [0.4, 0.5) is 5.82 Å². The molecule has 1 saturated heterocycles. The van der Waals surface area contributed by atoms with Crippen LogP contribution in [0.1, 0.15) is 49.9 Å². The zero-order valence-corrected chi connectivity index (χ0v) is 12.2. The molecule has 0 spiro atoms. The number of hydrogen-bond donors (Lipinski definition) is 1. The van der Waals surface area contributed by atoms with E-state index in [2.05, 4.69) is 36.1 Å². The lowest BCUT2D eigenvalue weighted by atomic mass is 10.0. The molecular formula is C14H23N3O2. The van der Waals surface area contributed by atoms with E-state index < -0.39 is 0 Å². The summed E-state index contributed by atoms with van der Waals surface area (Å²) in [5.41, 5.74) is 2.20. The van der Waals surface area contributed by atoms with Crippen molar-refractivity contribution in [3.8, 4) is 0 Å². The summed E-state index contributed by atoms with van der Waals surface area (Å²) < 4.78 is 11.1. The number of aromatic nitrogens is 2. The summed E-state index contributed by atoms with van der Waals surface area (Å²) >= 11 is 0. The Kier molecular flexibility index (Phi) is 4.71. The van der Waals surface area contributed by atoms with E-state index in [0.717, 1.165) is 23.9 Å². The second-order valence-electron chi connectivity index (χ2n) is 5.05. The zero-order valence-electron chi connectivity index (χ0n) is 12.2. The Morgan fingerprint density at radius 2 is 2.11 bits per heavy atom. The van der Waals surface area contributed by atoms with Gasteiger partial charge in [-0.15, -0.1) is 0 Å². The molecule has 1 aliphatic heterocycles. The minimum Gasteiger partial charge on any atom is -0.376 e. The first kappa shape index (κ1) is 14.2. The fourth-order valence-electron chi connectivity index (χ4n) is 2.38. The minimum atomic E-state index is -0.147. The molecule has 0 radical (unpaired) electrons. The number of nitrogens with zero attached hydrogens (tertiary/aromatic N) is 2. The summed E-state index contributed by atoms with van der Waals surface area (Å²) in [5, 5.41) is 3.33. The summed E-state index contributed by atoms with van der Waals surface area (Å²) in [5.74, 6) is 2.04. The molecule has 106 valence electrons. The fraction of sp³-hybridized carbons (Fsp3) is 0.714. The van der Waals surface area contributed by atoms with E-state index in [1.54, 1.807) is 0 Å². The number of aryl methyl sites for hydroxylation is 1. The van der Waals surface area contributed by atoms with Crippen LogP contribution in [0, 0.1) is 6.92 Å². The highest BCUT2D eigenvalue weighted by molar-refractivity contribution is 5.48. The fourth-order valence-corrected chi connectivity index (χ4v) is 2.38. The quantitative estimate of drug-likeness (QED) is 0.906. The number of anilines is 1. The highest BCUT2D eigenvalue weighted by Gasteiger charge is 2.22. The Hall–Kier alpha value is -1.20. The normalized spacial score (nSPS) is 19.7. The average molecular weight is 265 g/mol. The van der Waals surface area contributed by atoms with Crippen LogP contribution in [-0.2, 0) is 9.47 Å². The molecular weight excluding hydrogens is 242 g/mol. The Labute approximate surface area is 114 Å². The van der Waals surface area contributed by atoms with Crippen molar-refractivity contribution in [1.29, 1.82) is 0 Å². The van der Waals surface area contributed by atoms with E-state index in [4.69, 9.17) is 9.47 Å². The molecule has 1 aromatic heterocycles. The molecule has 5 nitrogen and oxygen atoms in total. The molecule has 2 heterocycles. The molecule has 0 aromatic carbocycles. The third-order valence-electron chi connectivity index (χ3n) is 3.18. The molecule has 1 aliphatic rings. The van der Waals surface area contributed by atoms with Gasteiger partial charge in [0, 0.05) is 17.8 Å². The highest BCUT2D eigenvalue weighted by atomic mass is 16.6. The maximum absolute atomic E-state index is 5.67. The standard InChI is InChI=1S/C14H23N3O2/c1-5-15-14-12(9(2)3)10(4)16-13(17-14)11-8-18-6-7-19-11/h9,11H,5-8H2,1-4H3,(H,15,16,17). The largest absolute Gasteiger partial charge is 0.376 e. The molecule has 5 heteroatoms. The van der Waals surface area contributed by atoms with Crippen LogP contribution in [-0.4, -0.2) is 36.3 Å². The Bertz CT molecular complexity index is 429. The predicted octanol–water partition coefficient (Wildman–Crippen LogP) is 2.43. The van der Waals surface area contributed by atoms with Gasteiger partial charge in [0.25, 0.3) is 0 Å². The molecule has 0 saturated carbocycles. The molecule has 2 rings (SSSR count). The minimum absolute atomic E-state index is 0.147. The van der Waals surface area contributed by atoms with Crippen molar-refractivity contribution in [3.63, 3.8) is 0 Å². The van der Waals surface area contributed by atoms with Gasteiger partial charge in [0.2, 0.25) is 0 Å². The molecule has 0 amide bonds. The maximum atomic E-state index is 5.67.